The zero-order valence-electron chi connectivity index (χ0n) is 10.9. The third-order valence-corrected chi connectivity index (χ3v) is 4.76. The maximum Gasteiger partial charge on any atom is 0.122 e. The summed E-state index contributed by atoms with van der Waals surface area (Å²) < 4.78 is 5.85. The first-order valence-corrected chi connectivity index (χ1v) is 6.72. The topological polar surface area (TPSA) is 55.5 Å². The average molecular weight is 247 g/mol. The highest BCUT2D eigenvalue weighted by Gasteiger charge is 2.57. The van der Waals surface area contributed by atoms with Gasteiger partial charge in [-0.25, -0.2) is 0 Å². The standard InChI is InChI=1S/C15H21NO2/c1-11-6-15(17,7-11)14(9-16)8-12-4-2-3-5-13(12)18-10-14/h2-5,11,17H,6-10,16H2,1H3. The first-order chi connectivity index (χ1) is 8.59. The van der Waals surface area contributed by atoms with E-state index in [4.69, 9.17) is 10.5 Å². The van der Waals surface area contributed by atoms with Gasteiger partial charge in [0, 0.05) is 12.0 Å². The van der Waals surface area contributed by atoms with Crippen molar-refractivity contribution in [3.63, 3.8) is 0 Å². The fraction of sp³-hybridized carbons (Fsp3) is 0.600. The molecule has 3 rings (SSSR count). The van der Waals surface area contributed by atoms with Gasteiger partial charge < -0.3 is 15.6 Å². The Labute approximate surface area is 108 Å². The molecule has 0 bridgehead atoms. The first kappa shape index (κ1) is 12.0. The third-order valence-electron chi connectivity index (χ3n) is 4.76. The summed E-state index contributed by atoms with van der Waals surface area (Å²) in [6, 6.07) is 8.06. The molecule has 0 spiro atoms. The second-order valence-corrected chi connectivity index (χ2v) is 6.10. The molecule has 1 saturated carbocycles. The molecule has 3 N–H and O–H groups in total. The number of aliphatic hydroxyl groups is 1. The summed E-state index contributed by atoms with van der Waals surface area (Å²) in [5.74, 6) is 1.54. The Hall–Kier alpha value is -1.06. The molecule has 0 aromatic heterocycles. The Balaban J connectivity index is 1.92. The van der Waals surface area contributed by atoms with Crippen molar-refractivity contribution < 1.29 is 9.84 Å². The Bertz CT molecular complexity index is 454. The second kappa shape index (κ2) is 3.97. The molecule has 3 heteroatoms. The van der Waals surface area contributed by atoms with Gasteiger partial charge in [0.1, 0.15) is 5.75 Å². The van der Waals surface area contributed by atoms with E-state index < -0.39 is 5.60 Å². The summed E-state index contributed by atoms with van der Waals surface area (Å²) in [5, 5.41) is 10.8. The van der Waals surface area contributed by atoms with Crippen LogP contribution in [0.4, 0.5) is 0 Å². The van der Waals surface area contributed by atoms with E-state index in [1.54, 1.807) is 0 Å². The molecule has 1 unspecified atom stereocenters. The van der Waals surface area contributed by atoms with Crippen molar-refractivity contribution in [1.82, 2.24) is 0 Å². The molecule has 1 heterocycles. The van der Waals surface area contributed by atoms with Crippen molar-refractivity contribution in [3.05, 3.63) is 29.8 Å². The maximum atomic E-state index is 10.8. The third kappa shape index (κ3) is 1.57. The molecule has 1 aromatic rings. The van der Waals surface area contributed by atoms with Gasteiger partial charge in [0.2, 0.25) is 0 Å². The van der Waals surface area contributed by atoms with E-state index >= 15 is 0 Å². The van der Waals surface area contributed by atoms with Crippen LogP contribution in [0.3, 0.4) is 0 Å². The summed E-state index contributed by atoms with van der Waals surface area (Å²) in [4.78, 5) is 0. The summed E-state index contributed by atoms with van der Waals surface area (Å²) in [7, 11) is 0. The Kier molecular flexibility index (Phi) is 2.65. The predicted octanol–water partition coefficient (Wildman–Crippen LogP) is 1.73. The van der Waals surface area contributed by atoms with Crippen molar-refractivity contribution in [1.29, 1.82) is 0 Å². The number of benzene rings is 1. The number of nitrogens with two attached hydrogens (primary N) is 1. The normalized spacial score (nSPS) is 38.5. The summed E-state index contributed by atoms with van der Waals surface area (Å²) in [6.07, 6.45) is 2.51. The van der Waals surface area contributed by atoms with E-state index in [9.17, 15) is 5.11 Å². The van der Waals surface area contributed by atoms with Gasteiger partial charge in [-0.3, -0.25) is 0 Å². The minimum atomic E-state index is -0.644. The van der Waals surface area contributed by atoms with Gasteiger partial charge in [-0.1, -0.05) is 25.1 Å². The van der Waals surface area contributed by atoms with Crippen LogP contribution in [0.5, 0.6) is 5.75 Å². The van der Waals surface area contributed by atoms with Gasteiger partial charge in [-0.2, -0.15) is 0 Å². The molecule has 1 aliphatic heterocycles. The average Bonchev–Trinajstić information content (AvgIpc) is 2.36. The number of ether oxygens (including phenoxy) is 1. The van der Waals surface area contributed by atoms with Crippen LogP contribution in [0.1, 0.15) is 25.3 Å². The lowest BCUT2D eigenvalue weighted by Gasteiger charge is -2.56. The highest BCUT2D eigenvalue weighted by atomic mass is 16.5. The Morgan fingerprint density at radius 2 is 2.11 bits per heavy atom. The lowest BCUT2D eigenvalue weighted by atomic mass is 9.55. The zero-order valence-corrected chi connectivity index (χ0v) is 10.9. The molecule has 0 saturated heterocycles. The summed E-state index contributed by atoms with van der Waals surface area (Å²) >= 11 is 0. The van der Waals surface area contributed by atoms with Gasteiger partial charge in [-0.05, 0) is 36.8 Å². The van der Waals surface area contributed by atoms with Gasteiger partial charge in [0.15, 0.2) is 0 Å². The monoisotopic (exact) mass is 247 g/mol. The SMILES string of the molecule is CC1CC(O)(C2(CN)COc3ccccc3C2)C1. The van der Waals surface area contributed by atoms with E-state index in [1.807, 2.05) is 18.2 Å². The van der Waals surface area contributed by atoms with E-state index in [0.29, 0.717) is 19.1 Å². The van der Waals surface area contributed by atoms with Crippen molar-refractivity contribution in [2.24, 2.45) is 17.1 Å². The Morgan fingerprint density at radius 1 is 1.39 bits per heavy atom. The van der Waals surface area contributed by atoms with Crippen molar-refractivity contribution in [2.45, 2.75) is 31.8 Å². The van der Waals surface area contributed by atoms with Gasteiger partial charge in [0.25, 0.3) is 0 Å². The van der Waals surface area contributed by atoms with Crippen LogP contribution in [0.2, 0.25) is 0 Å². The minimum absolute atomic E-state index is 0.312. The van der Waals surface area contributed by atoms with Gasteiger partial charge in [-0.15, -0.1) is 0 Å². The molecule has 1 aromatic carbocycles. The van der Waals surface area contributed by atoms with Gasteiger partial charge in [0.05, 0.1) is 12.2 Å². The minimum Gasteiger partial charge on any atom is -0.493 e. The molecule has 1 atom stereocenters. The van der Waals surface area contributed by atoms with E-state index in [2.05, 4.69) is 13.0 Å². The van der Waals surface area contributed by atoms with Crippen LogP contribution in [-0.4, -0.2) is 23.9 Å². The smallest absolute Gasteiger partial charge is 0.122 e. The lowest BCUT2D eigenvalue weighted by molar-refractivity contribution is -0.176. The number of fused-ring (bicyclic) bond motifs is 1. The molecule has 18 heavy (non-hydrogen) atoms. The molecular weight excluding hydrogens is 226 g/mol. The molecule has 0 radical (unpaired) electrons. The Morgan fingerprint density at radius 3 is 2.78 bits per heavy atom. The number of para-hydroxylation sites is 1. The summed E-state index contributed by atoms with van der Waals surface area (Å²) in [6.45, 7) is 3.19. The maximum absolute atomic E-state index is 10.8. The molecular formula is C15H21NO2. The van der Waals surface area contributed by atoms with Crippen molar-refractivity contribution in [2.75, 3.05) is 13.2 Å². The molecule has 2 aliphatic rings. The fourth-order valence-electron chi connectivity index (χ4n) is 3.57. The first-order valence-electron chi connectivity index (χ1n) is 6.72. The number of rotatable bonds is 2. The molecule has 1 fully saturated rings. The van der Waals surface area contributed by atoms with Crippen LogP contribution in [0.25, 0.3) is 0 Å². The van der Waals surface area contributed by atoms with Crippen LogP contribution in [0, 0.1) is 11.3 Å². The molecule has 98 valence electrons. The highest BCUT2D eigenvalue weighted by molar-refractivity contribution is 5.37. The van der Waals surface area contributed by atoms with Crippen molar-refractivity contribution in [3.8, 4) is 5.75 Å². The second-order valence-electron chi connectivity index (χ2n) is 6.10. The quantitative estimate of drug-likeness (QED) is 0.836. The van der Waals surface area contributed by atoms with Crippen LogP contribution >= 0.6 is 0 Å². The van der Waals surface area contributed by atoms with Gasteiger partial charge >= 0.3 is 0 Å². The van der Waals surface area contributed by atoms with E-state index in [0.717, 1.165) is 25.0 Å². The van der Waals surface area contributed by atoms with E-state index in [1.165, 1.54) is 5.56 Å². The summed E-state index contributed by atoms with van der Waals surface area (Å²) in [5.41, 5.74) is 6.21. The molecule has 0 amide bonds. The van der Waals surface area contributed by atoms with Crippen LogP contribution in [0.15, 0.2) is 24.3 Å². The molecule has 1 aliphatic carbocycles. The zero-order chi connectivity index (χ0) is 12.8. The van der Waals surface area contributed by atoms with Crippen LogP contribution < -0.4 is 10.5 Å². The number of hydrogen-bond donors (Lipinski definition) is 2. The largest absolute Gasteiger partial charge is 0.493 e. The number of hydrogen-bond acceptors (Lipinski definition) is 3. The predicted molar refractivity (Wildman–Crippen MR) is 70.5 cm³/mol. The van der Waals surface area contributed by atoms with E-state index in [-0.39, 0.29) is 5.41 Å². The molecule has 3 nitrogen and oxygen atoms in total. The van der Waals surface area contributed by atoms with Crippen LogP contribution in [-0.2, 0) is 6.42 Å². The fourth-order valence-corrected chi connectivity index (χ4v) is 3.57. The van der Waals surface area contributed by atoms with Crippen molar-refractivity contribution >= 4 is 0 Å². The lowest BCUT2D eigenvalue weighted by Crippen LogP contribution is -2.63. The highest BCUT2D eigenvalue weighted by Crippen LogP contribution is 2.52.